The SMILES string of the molecule is O=C(NCc1nc2c(s1)CCCC2)C1CCOC1. The Labute approximate surface area is 111 Å². The van der Waals surface area contributed by atoms with Crippen molar-refractivity contribution in [3.8, 4) is 0 Å². The number of aryl methyl sites for hydroxylation is 2. The van der Waals surface area contributed by atoms with Crippen LogP contribution in [-0.4, -0.2) is 24.1 Å². The van der Waals surface area contributed by atoms with E-state index in [1.54, 1.807) is 11.3 Å². The van der Waals surface area contributed by atoms with E-state index >= 15 is 0 Å². The largest absolute Gasteiger partial charge is 0.381 e. The zero-order chi connectivity index (χ0) is 12.4. The zero-order valence-electron chi connectivity index (χ0n) is 10.4. The maximum absolute atomic E-state index is 11.8. The number of nitrogens with zero attached hydrogens (tertiary/aromatic N) is 1. The molecule has 1 aromatic heterocycles. The first-order valence-corrected chi connectivity index (χ1v) is 7.47. The van der Waals surface area contributed by atoms with Gasteiger partial charge in [-0.25, -0.2) is 4.98 Å². The molecule has 0 saturated carbocycles. The number of amides is 1. The summed E-state index contributed by atoms with van der Waals surface area (Å²) in [6, 6.07) is 0. The summed E-state index contributed by atoms with van der Waals surface area (Å²) in [6.45, 7) is 1.86. The Bertz CT molecular complexity index is 415. The topological polar surface area (TPSA) is 51.2 Å². The van der Waals surface area contributed by atoms with Crippen molar-refractivity contribution in [2.75, 3.05) is 13.2 Å². The maximum Gasteiger partial charge on any atom is 0.225 e. The molecule has 5 heteroatoms. The summed E-state index contributed by atoms with van der Waals surface area (Å²) < 4.78 is 5.22. The molecule has 2 heterocycles. The highest BCUT2D eigenvalue weighted by atomic mass is 32.1. The van der Waals surface area contributed by atoms with Crippen molar-refractivity contribution in [2.24, 2.45) is 5.92 Å². The molecule has 3 rings (SSSR count). The quantitative estimate of drug-likeness (QED) is 0.905. The summed E-state index contributed by atoms with van der Waals surface area (Å²) in [4.78, 5) is 17.9. The average molecular weight is 266 g/mol. The normalized spacial score (nSPS) is 22.8. The van der Waals surface area contributed by atoms with Crippen LogP contribution in [0.5, 0.6) is 0 Å². The highest BCUT2D eigenvalue weighted by Gasteiger charge is 2.23. The highest BCUT2D eigenvalue weighted by Crippen LogP contribution is 2.26. The van der Waals surface area contributed by atoms with Crippen molar-refractivity contribution in [1.82, 2.24) is 10.3 Å². The van der Waals surface area contributed by atoms with Gasteiger partial charge >= 0.3 is 0 Å². The van der Waals surface area contributed by atoms with Crippen molar-refractivity contribution in [2.45, 2.75) is 38.6 Å². The van der Waals surface area contributed by atoms with Crippen LogP contribution in [0.3, 0.4) is 0 Å². The number of aromatic nitrogens is 1. The minimum Gasteiger partial charge on any atom is -0.381 e. The monoisotopic (exact) mass is 266 g/mol. The molecule has 1 atom stereocenters. The molecule has 0 aromatic carbocycles. The van der Waals surface area contributed by atoms with Gasteiger partial charge in [-0.15, -0.1) is 11.3 Å². The van der Waals surface area contributed by atoms with Gasteiger partial charge in [-0.05, 0) is 32.1 Å². The number of hydrogen-bond donors (Lipinski definition) is 1. The number of carbonyl (C=O) groups excluding carboxylic acids is 1. The van der Waals surface area contributed by atoms with E-state index in [1.165, 1.54) is 23.4 Å². The Balaban J connectivity index is 1.56. The van der Waals surface area contributed by atoms with Gasteiger partial charge in [0.25, 0.3) is 0 Å². The first-order chi connectivity index (χ1) is 8.83. The van der Waals surface area contributed by atoms with Crippen LogP contribution in [0.15, 0.2) is 0 Å². The number of nitrogens with one attached hydrogen (secondary N) is 1. The third-order valence-electron chi connectivity index (χ3n) is 3.60. The summed E-state index contributed by atoms with van der Waals surface area (Å²) in [6.07, 6.45) is 5.65. The Morgan fingerprint density at radius 1 is 1.44 bits per heavy atom. The number of carbonyl (C=O) groups is 1. The van der Waals surface area contributed by atoms with Crippen molar-refractivity contribution in [3.63, 3.8) is 0 Å². The lowest BCUT2D eigenvalue weighted by atomic mass is 10.0. The smallest absolute Gasteiger partial charge is 0.225 e. The average Bonchev–Trinajstić information content (AvgIpc) is 3.04. The van der Waals surface area contributed by atoms with Crippen LogP contribution < -0.4 is 5.32 Å². The molecule has 1 fully saturated rings. The Kier molecular flexibility index (Phi) is 3.61. The first kappa shape index (κ1) is 12.1. The van der Waals surface area contributed by atoms with Crippen LogP contribution in [0.1, 0.15) is 34.8 Å². The highest BCUT2D eigenvalue weighted by molar-refractivity contribution is 7.11. The second kappa shape index (κ2) is 5.36. The van der Waals surface area contributed by atoms with E-state index in [-0.39, 0.29) is 11.8 Å². The minimum absolute atomic E-state index is 0.0413. The Hall–Kier alpha value is -0.940. The lowest BCUT2D eigenvalue weighted by Gasteiger charge is -2.07. The molecule has 1 aliphatic heterocycles. The number of fused-ring (bicyclic) bond motifs is 1. The first-order valence-electron chi connectivity index (χ1n) is 6.66. The fourth-order valence-electron chi connectivity index (χ4n) is 2.53. The number of rotatable bonds is 3. The summed E-state index contributed by atoms with van der Waals surface area (Å²) >= 11 is 1.76. The van der Waals surface area contributed by atoms with Crippen LogP contribution in [0.4, 0.5) is 0 Å². The second-order valence-corrected chi connectivity index (χ2v) is 6.13. The molecule has 98 valence electrons. The minimum atomic E-state index is 0.0413. The van der Waals surface area contributed by atoms with E-state index < -0.39 is 0 Å². The molecule has 0 spiro atoms. The van der Waals surface area contributed by atoms with Gasteiger partial charge in [-0.1, -0.05) is 0 Å². The van der Waals surface area contributed by atoms with Crippen LogP contribution in [0.25, 0.3) is 0 Å². The van der Waals surface area contributed by atoms with E-state index in [9.17, 15) is 4.79 Å². The van der Waals surface area contributed by atoms with Gasteiger partial charge < -0.3 is 10.1 Å². The van der Waals surface area contributed by atoms with Crippen molar-refractivity contribution in [1.29, 1.82) is 0 Å². The van der Waals surface area contributed by atoms with Crippen molar-refractivity contribution < 1.29 is 9.53 Å². The lowest BCUT2D eigenvalue weighted by Crippen LogP contribution is -2.30. The van der Waals surface area contributed by atoms with Crippen LogP contribution in [-0.2, 0) is 28.9 Å². The van der Waals surface area contributed by atoms with E-state index in [0.29, 0.717) is 19.8 Å². The number of ether oxygens (including phenoxy) is 1. The van der Waals surface area contributed by atoms with Gasteiger partial charge in [0, 0.05) is 11.5 Å². The van der Waals surface area contributed by atoms with E-state index in [0.717, 1.165) is 24.3 Å². The molecule has 18 heavy (non-hydrogen) atoms. The van der Waals surface area contributed by atoms with Gasteiger partial charge in [0.2, 0.25) is 5.91 Å². The fraction of sp³-hybridized carbons (Fsp3) is 0.692. The Morgan fingerprint density at radius 2 is 2.33 bits per heavy atom. The molecule has 4 nitrogen and oxygen atoms in total. The van der Waals surface area contributed by atoms with Crippen molar-refractivity contribution >= 4 is 17.2 Å². The molecule has 1 saturated heterocycles. The van der Waals surface area contributed by atoms with Crippen LogP contribution in [0, 0.1) is 5.92 Å². The summed E-state index contributed by atoms with van der Waals surface area (Å²) in [7, 11) is 0. The molecule has 1 amide bonds. The summed E-state index contributed by atoms with van der Waals surface area (Å²) in [5.41, 5.74) is 1.26. The molecule has 1 aromatic rings. The third-order valence-corrected chi connectivity index (χ3v) is 4.76. The fourth-order valence-corrected chi connectivity index (χ4v) is 3.63. The van der Waals surface area contributed by atoms with Crippen LogP contribution in [0.2, 0.25) is 0 Å². The molecule has 1 N–H and O–H groups in total. The molecule has 0 bridgehead atoms. The molecule has 1 unspecified atom stereocenters. The summed E-state index contributed by atoms with van der Waals surface area (Å²) in [5, 5.41) is 4.03. The predicted octanol–water partition coefficient (Wildman–Crippen LogP) is 1.67. The molecular weight excluding hydrogens is 248 g/mol. The molecule has 0 radical (unpaired) electrons. The summed E-state index contributed by atoms with van der Waals surface area (Å²) in [5.74, 6) is 0.153. The molecule has 1 aliphatic carbocycles. The maximum atomic E-state index is 11.8. The van der Waals surface area contributed by atoms with Gasteiger partial charge in [-0.3, -0.25) is 4.79 Å². The predicted molar refractivity (Wildman–Crippen MR) is 69.5 cm³/mol. The third kappa shape index (κ3) is 2.57. The van der Waals surface area contributed by atoms with Crippen LogP contribution >= 0.6 is 11.3 Å². The Morgan fingerprint density at radius 3 is 3.11 bits per heavy atom. The number of thiazole rings is 1. The van der Waals surface area contributed by atoms with Crippen molar-refractivity contribution in [3.05, 3.63) is 15.6 Å². The molecule has 2 aliphatic rings. The van der Waals surface area contributed by atoms with E-state index in [4.69, 9.17) is 4.74 Å². The molecular formula is C13H18N2O2S. The van der Waals surface area contributed by atoms with Gasteiger partial charge in [-0.2, -0.15) is 0 Å². The second-order valence-electron chi connectivity index (χ2n) is 4.96. The number of hydrogen-bond acceptors (Lipinski definition) is 4. The van der Waals surface area contributed by atoms with Gasteiger partial charge in [0.05, 0.1) is 24.8 Å². The standard InChI is InChI=1S/C13H18N2O2S/c16-13(9-5-6-17-8-9)14-7-12-15-10-3-1-2-4-11(10)18-12/h9H,1-8H2,(H,14,16). The van der Waals surface area contributed by atoms with Gasteiger partial charge in [0.15, 0.2) is 0 Å². The zero-order valence-corrected chi connectivity index (χ0v) is 11.2. The van der Waals surface area contributed by atoms with E-state index in [1.807, 2.05) is 0 Å². The van der Waals surface area contributed by atoms with Gasteiger partial charge in [0.1, 0.15) is 5.01 Å². The van der Waals surface area contributed by atoms with E-state index in [2.05, 4.69) is 10.3 Å². The lowest BCUT2D eigenvalue weighted by molar-refractivity contribution is -0.125.